The lowest BCUT2D eigenvalue weighted by molar-refractivity contribution is -0.117. The maximum absolute atomic E-state index is 12.9. The van der Waals surface area contributed by atoms with Gasteiger partial charge >= 0.3 is 0 Å². The van der Waals surface area contributed by atoms with Crippen LogP contribution in [0.25, 0.3) is 0 Å². The predicted molar refractivity (Wildman–Crippen MR) is 121 cm³/mol. The standard InChI is InChI=1S/C18H30N4O5S3/c1-4-29(24,25)20-17(8-13-28-3)18(23)19-15-6-5-7-16(14-15)30(26,27)22-11-9-21(2)10-12-22/h5-7,14,17,20H,4,8-13H2,1-3H3,(H,19,23). The van der Waals surface area contributed by atoms with Gasteiger partial charge in [-0.1, -0.05) is 6.07 Å². The van der Waals surface area contributed by atoms with Crippen LogP contribution in [0.15, 0.2) is 29.2 Å². The van der Waals surface area contributed by atoms with Gasteiger partial charge in [-0.25, -0.2) is 21.6 Å². The Balaban J connectivity index is 2.16. The smallest absolute Gasteiger partial charge is 0.243 e. The van der Waals surface area contributed by atoms with Crippen molar-refractivity contribution >= 4 is 43.4 Å². The summed E-state index contributed by atoms with van der Waals surface area (Å²) in [5.74, 6) is -0.0491. The molecule has 9 nitrogen and oxygen atoms in total. The molecule has 1 saturated heterocycles. The Bertz CT molecular complexity index is 929. The zero-order chi connectivity index (χ0) is 22.4. The molecule has 1 heterocycles. The van der Waals surface area contributed by atoms with E-state index in [0.29, 0.717) is 44.0 Å². The number of benzene rings is 1. The van der Waals surface area contributed by atoms with Crippen LogP contribution in [0.5, 0.6) is 0 Å². The van der Waals surface area contributed by atoms with Crippen molar-refractivity contribution in [2.75, 3.05) is 56.3 Å². The van der Waals surface area contributed by atoms with Crippen LogP contribution in [-0.4, -0.2) is 89.0 Å². The fourth-order valence-electron chi connectivity index (χ4n) is 2.92. The first-order valence-electron chi connectivity index (χ1n) is 9.67. The van der Waals surface area contributed by atoms with E-state index < -0.39 is 32.0 Å². The number of piperazine rings is 1. The molecule has 0 aliphatic carbocycles. The van der Waals surface area contributed by atoms with Crippen LogP contribution in [-0.2, 0) is 24.8 Å². The highest BCUT2D eigenvalue weighted by atomic mass is 32.2. The van der Waals surface area contributed by atoms with Gasteiger partial charge in [0.05, 0.1) is 10.6 Å². The molecular weight excluding hydrogens is 448 g/mol. The first-order valence-corrected chi connectivity index (χ1v) is 14.2. The molecule has 0 radical (unpaired) electrons. The van der Waals surface area contributed by atoms with Crippen molar-refractivity contribution in [3.8, 4) is 0 Å². The number of hydrogen-bond donors (Lipinski definition) is 2. The van der Waals surface area contributed by atoms with Gasteiger partial charge < -0.3 is 10.2 Å². The number of rotatable bonds is 10. The molecule has 1 aromatic carbocycles. The van der Waals surface area contributed by atoms with Crippen LogP contribution in [0, 0.1) is 0 Å². The van der Waals surface area contributed by atoms with Gasteiger partial charge in [0, 0.05) is 31.9 Å². The topological polar surface area (TPSA) is 116 Å². The van der Waals surface area contributed by atoms with Crippen molar-refractivity contribution in [3.05, 3.63) is 24.3 Å². The molecule has 0 saturated carbocycles. The molecule has 0 spiro atoms. The minimum Gasteiger partial charge on any atom is -0.325 e. The number of amides is 1. The van der Waals surface area contributed by atoms with Gasteiger partial charge in [0.25, 0.3) is 0 Å². The second kappa shape index (κ2) is 10.9. The Morgan fingerprint density at radius 2 is 1.83 bits per heavy atom. The lowest BCUT2D eigenvalue weighted by Gasteiger charge is -2.31. The number of thioether (sulfide) groups is 1. The maximum atomic E-state index is 12.9. The van der Waals surface area contributed by atoms with E-state index in [4.69, 9.17) is 0 Å². The third-order valence-electron chi connectivity index (χ3n) is 4.83. The van der Waals surface area contributed by atoms with Gasteiger partial charge in [-0.05, 0) is 50.6 Å². The summed E-state index contributed by atoms with van der Waals surface area (Å²) in [6, 6.07) is 5.12. The van der Waals surface area contributed by atoms with Crippen LogP contribution < -0.4 is 10.0 Å². The summed E-state index contributed by atoms with van der Waals surface area (Å²) in [5, 5.41) is 2.65. The highest BCUT2D eigenvalue weighted by Gasteiger charge is 2.28. The van der Waals surface area contributed by atoms with Gasteiger partial charge in [-0.15, -0.1) is 0 Å². The lowest BCUT2D eigenvalue weighted by atomic mass is 10.2. The largest absolute Gasteiger partial charge is 0.325 e. The van der Waals surface area contributed by atoms with Gasteiger partial charge in [-0.2, -0.15) is 16.1 Å². The van der Waals surface area contributed by atoms with E-state index in [1.165, 1.54) is 35.1 Å². The van der Waals surface area contributed by atoms with E-state index in [1.54, 1.807) is 12.1 Å². The van der Waals surface area contributed by atoms with Crippen LogP contribution in [0.1, 0.15) is 13.3 Å². The Labute approximate surface area is 183 Å². The Kier molecular flexibility index (Phi) is 9.13. The van der Waals surface area contributed by atoms with Crippen LogP contribution in [0.2, 0.25) is 0 Å². The fraction of sp³-hybridized carbons (Fsp3) is 0.611. The monoisotopic (exact) mass is 478 g/mol. The molecule has 1 amide bonds. The average Bonchev–Trinajstić information content (AvgIpc) is 2.71. The van der Waals surface area contributed by atoms with Gasteiger partial charge in [0.15, 0.2) is 0 Å². The van der Waals surface area contributed by atoms with Crippen molar-refractivity contribution in [2.24, 2.45) is 0 Å². The first kappa shape index (κ1) is 25.1. The molecule has 1 aromatic rings. The Hall–Kier alpha value is -1.18. The number of anilines is 1. The lowest BCUT2D eigenvalue weighted by Crippen LogP contribution is -2.47. The molecule has 2 rings (SSSR count). The molecule has 170 valence electrons. The normalized spacial score (nSPS) is 17.6. The van der Waals surface area contributed by atoms with Crippen LogP contribution in [0.4, 0.5) is 5.69 Å². The summed E-state index contributed by atoms with van der Waals surface area (Å²) in [7, 11) is -5.29. The van der Waals surface area contributed by atoms with Gasteiger partial charge in [0.1, 0.15) is 6.04 Å². The zero-order valence-electron chi connectivity index (χ0n) is 17.5. The van der Waals surface area contributed by atoms with Crippen molar-refractivity contribution in [1.29, 1.82) is 0 Å². The van der Waals surface area contributed by atoms with E-state index in [2.05, 4.69) is 14.9 Å². The summed E-state index contributed by atoms with van der Waals surface area (Å²) >= 11 is 1.51. The van der Waals surface area contributed by atoms with E-state index in [0.717, 1.165) is 0 Å². The molecule has 0 bridgehead atoms. The van der Waals surface area contributed by atoms with Crippen molar-refractivity contribution in [1.82, 2.24) is 13.9 Å². The predicted octanol–water partition coefficient (Wildman–Crippen LogP) is 0.622. The molecule has 0 aromatic heterocycles. The molecule has 30 heavy (non-hydrogen) atoms. The van der Waals surface area contributed by atoms with Crippen molar-refractivity contribution in [3.63, 3.8) is 0 Å². The first-order chi connectivity index (χ1) is 14.1. The molecule has 12 heteroatoms. The molecule has 1 unspecified atom stereocenters. The summed E-state index contributed by atoms with van der Waals surface area (Å²) in [6.07, 6.45) is 2.20. The molecule has 1 fully saturated rings. The van der Waals surface area contributed by atoms with Crippen LogP contribution >= 0.6 is 11.8 Å². The van der Waals surface area contributed by atoms with E-state index >= 15 is 0 Å². The second-order valence-electron chi connectivity index (χ2n) is 7.08. The quantitative estimate of drug-likeness (QED) is 0.506. The average molecular weight is 479 g/mol. The molecule has 1 atom stereocenters. The van der Waals surface area contributed by atoms with E-state index in [1.807, 2.05) is 13.3 Å². The summed E-state index contributed by atoms with van der Waals surface area (Å²) in [4.78, 5) is 14.9. The summed E-state index contributed by atoms with van der Waals surface area (Å²) < 4.78 is 53.6. The van der Waals surface area contributed by atoms with Crippen LogP contribution in [0.3, 0.4) is 0 Å². The number of carbonyl (C=O) groups excluding carboxylic acids is 1. The molecule has 1 aliphatic rings. The highest BCUT2D eigenvalue weighted by Crippen LogP contribution is 2.21. The number of nitrogens with zero attached hydrogens (tertiary/aromatic N) is 2. The third kappa shape index (κ3) is 6.92. The van der Waals surface area contributed by atoms with Crippen molar-refractivity contribution < 1.29 is 21.6 Å². The minimum absolute atomic E-state index is 0.0969. The second-order valence-corrected chi connectivity index (χ2v) is 12.0. The van der Waals surface area contributed by atoms with Gasteiger partial charge in [-0.3, -0.25) is 4.79 Å². The number of sulfonamides is 2. The fourth-order valence-corrected chi connectivity index (χ4v) is 5.69. The van der Waals surface area contributed by atoms with E-state index in [9.17, 15) is 21.6 Å². The van der Waals surface area contributed by atoms with Gasteiger partial charge in [0.2, 0.25) is 26.0 Å². The Morgan fingerprint density at radius 1 is 1.17 bits per heavy atom. The number of nitrogens with one attached hydrogen (secondary N) is 2. The summed E-state index contributed by atoms with van der Waals surface area (Å²) in [6.45, 7) is 3.63. The SMILES string of the molecule is CCS(=O)(=O)NC(CCSC)C(=O)Nc1cccc(S(=O)(=O)N2CCN(C)CC2)c1. The summed E-state index contributed by atoms with van der Waals surface area (Å²) in [5.41, 5.74) is 0.306. The number of carbonyl (C=O) groups is 1. The highest BCUT2D eigenvalue weighted by molar-refractivity contribution is 7.98. The minimum atomic E-state index is -3.67. The maximum Gasteiger partial charge on any atom is 0.243 e. The molecule has 2 N–H and O–H groups in total. The van der Waals surface area contributed by atoms with Crippen molar-refractivity contribution in [2.45, 2.75) is 24.3 Å². The Morgan fingerprint density at radius 3 is 2.43 bits per heavy atom. The number of hydrogen-bond acceptors (Lipinski definition) is 7. The number of likely N-dealkylation sites (N-methyl/N-ethyl adjacent to an activating group) is 1. The third-order valence-corrected chi connectivity index (χ3v) is 8.77. The zero-order valence-corrected chi connectivity index (χ0v) is 19.9. The molecular formula is C18H30N4O5S3. The van der Waals surface area contributed by atoms with E-state index in [-0.39, 0.29) is 10.6 Å². The molecule has 1 aliphatic heterocycles.